The molecule has 1 heterocycles. The van der Waals surface area contributed by atoms with Crippen molar-refractivity contribution < 1.29 is 18.4 Å². The van der Waals surface area contributed by atoms with Gasteiger partial charge in [0.05, 0.1) is 16.1 Å². The summed E-state index contributed by atoms with van der Waals surface area (Å²) in [4.78, 5) is 27.2. The molecule has 0 radical (unpaired) electrons. The van der Waals surface area contributed by atoms with E-state index in [-0.39, 0.29) is 43.7 Å². The summed E-state index contributed by atoms with van der Waals surface area (Å²) >= 11 is 6.37. The highest BCUT2D eigenvalue weighted by Crippen LogP contribution is 2.36. The van der Waals surface area contributed by atoms with Gasteiger partial charge >= 0.3 is 0 Å². The Kier molecular flexibility index (Phi) is 7.01. The lowest BCUT2D eigenvalue weighted by Gasteiger charge is -2.28. The van der Waals surface area contributed by atoms with E-state index in [0.717, 1.165) is 0 Å². The number of amides is 2. The third kappa shape index (κ3) is 4.94. The van der Waals surface area contributed by atoms with Crippen LogP contribution in [0.5, 0.6) is 0 Å². The number of likely N-dealkylation sites (N-methyl/N-ethyl adjacent to an activating group) is 1. The molecule has 30 heavy (non-hydrogen) atoms. The minimum Gasteiger partial charge on any atom is -0.352 e. The van der Waals surface area contributed by atoms with Gasteiger partial charge in [0, 0.05) is 44.1 Å². The van der Waals surface area contributed by atoms with Crippen molar-refractivity contribution in [2.24, 2.45) is 5.92 Å². The molecule has 2 amide bonds. The van der Waals surface area contributed by atoms with Crippen LogP contribution < -0.4 is 5.32 Å². The smallest absolute Gasteiger partial charge is 0.253 e. The molecule has 2 aromatic rings. The summed E-state index contributed by atoms with van der Waals surface area (Å²) < 4.78 is 29.0. The van der Waals surface area contributed by atoms with Crippen molar-refractivity contribution in [1.29, 1.82) is 0 Å². The number of hydrogen-bond donors (Lipinski definition) is 1. The summed E-state index contributed by atoms with van der Waals surface area (Å²) in [5, 5.41) is 3.78. The van der Waals surface area contributed by atoms with Crippen LogP contribution in [0.2, 0.25) is 5.02 Å². The SMILES string of the molecule is CCN(CC)C(=O)Cn1cc(C(=O)NCC2CCCC(F)(F)C2)c2c(Cl)cccc21. The lowest BCUT2D eigenvalue weighted by molar-refractivity contribution is -0.131. The second-order valence-electron chi connectivity index (χ2n) is 7.90. The average molecular weight is 440 g/mol. The molecule has 1 aromatic carbocycles. The van der Waals surface area contributed by atoms with Crippen LogP contribution in [0, 0.1) is 5.92 Å². The number of carbonyl (C=O) groups excluding carboxylic acids is 2. The number of alkyl halides is 2. The number of aromatic nitrogens is 1. The number of nitrogens with zero attached hydrogens (tertiary/aromatic N) is 2. The fourth-order valence-electron chi connectivity index (χ4n) is 4.22. The molecule has 164 valence electrons. The molecule has 1 aliphatic rings. The minimum absolute atomic E-state index is 0.0479. The fourth-order valence-corrected chi connectivity index (χ4v) is 4.49. The number of benzene rings is 1. The number of hydrogen-bond acceptors (Lipinski definition) is 2. The Bertz CT molecular complexity index is 924. The zero-order chi connectivity index (χ0) is 21.9. The van der Waals surface area contributed by atoms with Gasteiger partial charge in [-0.1, -0.05) is 17.7 Å². The van der Waals surface area contributed by atoms with Gasteiger partial charge < -0.3 is 14.8 Å². The van der Waals surface area contributed by atoms with Crippen LogP contribution in [-0.2, 0) is 11.3 Å². The Morgan fingerprint density at radius 1 is 1.30 bits per heavy atom. The van der Waals surface area contributed by atoms with Crippen molar-refractivity contribution in [3.05, 3.63) is 35.0 Å². The number of carbonyl (C=O) groups is 2. The molecule has 1 atom stereocenters. The first-order valence-corrected chi connectivity index (χ1v) is 10.8. The maximum Gasteiger partial charge on any atom is 0.253 e. The van der Waals surface area contributed by atoms with Gasteiger partial charge in [0.15, 0.2) is 0 Å². The lowest BCUT2D eigenvalue weighted by Crippen LogP contribution is -2.35. The summed E-state index contributed by atoms with van der Waals surface area (Å²) in [5.41, 5.74) is 1.04. The molecule has 0 saturated heterocycles. The molecule has 1 aliphatic carbocycles. The van der Waals surface area contributed by atoms with E-state index in [1.54, 1.807) is 27.8 Å². The van der Waals surface area contributed by atoms with E-state index < -0.39 is 5.92 Å². The Morgan fingerprint density at radius 3 is 2.70 bits per heavy atom. The average Bonchev–Trinajstić information content (AvgIpc) is 3.06. The van der Waals surface area contributed by atoms with Crippen molar-refractivity contribution in [3.8, 4) is 0 Å². The Labute approximate surface area is 180 Å². The van der Waals surface area contributed by atoms with Gasteiger partial charge in [-0.3, -0.25) is 9.59 Å². The zero-order valence-corrected chi connectivity index (χ0v) is 18.1. The second kappa shape index (κ2) is 9.33. The van der Waals surface area contributed by atoms with Crippen LogP contribution in [-0.4, -0.2) is 46.8 Å². The van der Waals surface area contributed by atoms with E-state index in [9.17, 15) is 18.4 Å². The van der Waals surface area contributed by atoms with Gasteiger partial charge in [-0.15, -0.1) is 0 Å². The first-order valence-electron chi connectivity index (χ1n) is 10.5. The van der Waals surface area contributed by atoms with Crippen molar-refractivity contribution in [2.45, 2.75) is 52.0 Å². The molecule has 0 spiro atoms. The van der Waals surface area contributed by atoms with Crippen LogP contribution in [0.4, 0.5) is 8.78 Å². The molecular formula is C22H28ClF2N3O2. The predicted molar refractivity (Wildman–Crippen MR) is 114 cm³/mol. The second-order valence-corrected chi connectivity index (χ2v) is 8.31. The monoisotopic (exact) mass is 439 g/mol. The summed E-state index contributed by atoms with van der Waals surface area (Å²) in [7, 11) is 0. The van der Waals surface area contributed by atoms with E-state index in [0.29, 0.717) is 47.4 Å². The van der Waals surface area contributed by atoms with E-state index in [2.05, 4.69) is 5.32 Å². The molecular weight excluding hydrogens is 412 g/mol. The first kappa shape index (κ1) is 22.5. The Hall–Kier alpha value is -2.15. The highest BCUT2D eigenvalue weighted by atomic mass is 35.5. The van der Waals surface area contributed by atoms with Gasteiger partial charge in [-0.05, 0) is 44.7 Å². The predicted octanol–water partition coefficient (Wildman–Crippen LogP) is 4.72. The third-order valence-electron chi connectivity index (χ3n) is 5.82. The van der Waals surface area contributed by atoms with Gasteiger partial charge in [-0.2, -0.15) is 0 Å². The topological polar surface area (TPSA) is 54.3 Å². The fraction of sp³-hybridized carbons (Fsp3) is 0.545. The molecule has 1 N–H and O–H groups in total. The number of nitrogens with one attached hydrogen (secondary N) is 1. The summed E-state index contributed by atoms with van der Waals surface area (Å²) in [6, 6.07) is 5.28. The molecule has 1 aromatic heterocycles. The minimum atomic E-state index is -2.65. The molecule has 3 rings (SSSR count). The van der Waals surface area contributed by atoms with Crippen LogP contribution in [0.1, 0.15) is 49.9 Å². The summed E-state index contributed by atoms with van der Waals surface area (Å²) in [6.07, 6.45) is 2.49. The van der Waals surface area contributed by atoms with E-state index >= 15 is 0 Å². The van der Waals surface area contributed by atoms with E-state index in [1.807, 2.05) is 19.9 Å². The van der Waals surface area contributed by atoms with Crippen LogP contribution in [0.25, 0.3) is 10.9 Å². The molecule has 0 bridgehead atoms. The normalized spacial score (nSPS) is 18.4. The largest absolute Gasteiger partial charge is 0.352 e. The Morgan fingerprint density at radius 2 is 2.03 bits per heavy atom. The van der Waals surface area contributed by atoms with Gasteiger partial charge in [0.25, 0.3) is 5.91 Å². The highest BCUT2D eigenvalue weighted by Gasteiger charge is 2.36. The molecule has 0 aliphatic heterocycles. The van der Waals surface area contributed by atoms with Crippen LogP contribution in [0.3, 0.4) is 0 Å². The van der Waals surface area contributed by atoms with Crippen LogP contribution in [0.15, 0.2) is 24.4 Å². The molecule has 8 heteroatoms. The van der Waals surface area contributed by atoms with Gasteiger partial charge in [0.2, 0.25) is 11.8 Å². The molecule has 5 nitrogen and oxygen atoms in total. The number of fused-ring (bicyclic) bond motifs is 1. The van der Waals surface area contributed by atoms with Crippen molar-refractivity contribution in [3.63, 3.8) is 0 Å². The van der Waals surface area contributed by atoms with E-state index in [4.69, 9.17) is 11.6 Å². The molecule has 1 fully saturated rings. The summed E-state index contributed by atoms with van der Waals surface area (Å²) in [6.45, 7) is 5.34. The number of rotatable bonds is 7. The van der Waals surface area contributed by atoms with Crippen LogP contribution >= 0.6 is 11.6 Å². The van der Waals surface area contributed by atoms with E-state index in [1.165, 1.54) is 0 Å². The lowest BCUT2D eigenvalue weighted by atomic mass is 9.86. The third-order valence-corrected chi connectivity index (χ3v) is 6.13. The molecule has 1 saturated carbocycles. The molecule has 1 unspecified atom stereocenters. The maximum absolute atomic E-state index is 13.6. The Balaban J connectivity index is 1.81. The number of halogens is 3. The quantitative estimate of drug-likeness (QED) is 0.678. The first-order chi connectivity index (χ1) is 14.3. The van der Waals surface area contributed by atoms with Gasteiger partial charge in [0.1, 0.15) is 6.54 Å². The van der Waals surface area contributed by atoms with Gasteiger partial charge in [-0.25, -0.2) is 8.78 Å². The van der Waals surface area contributed by atoms with Crippen molar-refractivity contribution in [2.75, 3.05) is 19.6 Å². The highest BCUT2D eigenvalue weighted by molar-refractivity contribution is 6.36. The standard InChI is InChI=1S/C22H28ClF2N3O2/c1-3-27(4-2)19(29)14-28-13-16(20-17(23)8-5-9-18(20)28)21(30)26-12-15-7-6-10-22(24,25)11-15/h5,8-9,13,15H,3-4,6-7,10-12,14H2,1-2H3,(H,26,30). The summed E-state index contributed by atoms with van der Waals surface area (Å²) in [5.74, 6) is -3.31. The maximum atomic E-state index is 13.6. The zero-order valence-electron chi connectivity index (χ0n) is 17.4. The van der Waals surface area contributed by atoms with Crippen molar-refractivity contribution >= 4 is 34.3 Å². The van der Waals surface area contributed by atoms with Crippen molar-refractivity contribution in [1.82, 2.24) is 14.8 Å².